The molecule has 0 radical (unpaired) electrons. The number of amidine groups is 1. The summed E-state index contributed by atoms with van der Waals surface area (Å²) in [6, 6.07) is 5.59. The molecule has 0 amide bonds. The lowest BCUT2D eigenvalue weighted by Crippen LogP contribution is -2.58. The molecule has 2 saturated carbocycles. The maximum Gasteiger partial charge on any atom is 0.416 e. The highest BCUT2D eigenvalue weighted by molar-refractivity contribution is 5.98. The molecule has 2 aromatic rings. The second-order valence-corrected chi connectivity index (χ2v) is 12.0. The van der Waals surface area contributed by atoms with Gasteiger partial charge in [0.05, 0.1) is 17.3 Å². The molecule has 0 atom stereocenters. The van der Waals surface area contributed by atoms with Crippen LogP contribution in [0.5, 0.6) is 0 Å². The number of nitrogens with one attached hydrogen (secondary N) is 4. The Morgan fingerprint density at radius 1 is 1.14 bits per heavy atom. The number of benzene rings is 1. The van der Waals surface area contributed by atoms with Gasteiger partial charge in [0.25, 0.3) is 5.92 Å². The van der Waals surface area contributed by atoms with Gasteiger partial charge in [-0.05, 0) is 74.1 Å². The molecule has 2 aliphatic carbocycles. The second-order valence-electron chi connectivity index (χ2n) is 12.0. The highest BCUT2D eigenvalue weighted by Crippen LogP contribution is 2.55. The highest BCUT2D eigenvalue weighted by Gasteiger charge is 2.60. The number of halogens is 5. The number of anilines is 2. The Bertz CT molecular complexity index is 1380. The summed E-state index contributed by atoms with van der Waals surface area (Å²) in [4.78, 5) is 19.2. The van der Waals surface area contributed by atoms with Gasteiger partial charge in [-0.3, -0.25) is 15.6 Å². The minimum Gasteiger partial charge on any atom is -0.370 e. The number of nitrogens with zero attached hydrogens (tertiary/aromatic N) is 3. The molecule has 1 aromatic carbocycles. The van der Waals surface area contributed by atoms with E-state index in [9.17, 15) is 26.7 Å². The fourth-order valence-electron chi connectivity index (χ4n) is 5.91. The lowest BCUT2D eigenvalue weighted by atomic mass is 9.61. The zero-order chi connectivity index (χ0) is 31.8. The third kappa shape index (κ3) is 6.66. The summed E-state index contributed by atoms with van der Waals surface area (Å²) in [5, 5.41) is 22.5. The van der Waals surface area contributed by atoms with Gasteiger partial charge in [-0.2, -0.15) is 13.2 Å². The Kier molecular flexibility index (Phi) is 8.88. The van der Waals surface area contributed by atoms with Gasteiger partial charge in [-0.25, -0.2) is 13.8 Å². The fourth-order valence-corrected chi connectivity index (χ4v) is 5.91. The van der Waals surface area contributed by atoms with E-state index in [1.54, 1.807) is 6.07 Å². The number of carbonyl (C=O) groups is 1. The minimum atomic E-state index is -4.73. The van der Waals surface area contributed by atoms with Crippen molar-refractivity contribution in [1.29, 1.82) is 10.8 Å². The summed E-state index contributed by atoms with van der Waals surface area (Å²) in [6.07, 6.45) is -1.85. The molecule has 0 aliphatic heterocycles. The Hall–Kier alpha value is -3.61. The number of likely N-dealkylation sites (N-methyl/N-ethyl adjacent to an activating group) is 1. The van der Waals surface area contributed by atoms with Gasteiger partial charge in [-0.15, -0.1) is 0 Å². The number of carbonyl (C=O) groups excluding carboxylic acids is 1. The quantitative estimate of drug-likeness (QED) is 0.0991. The predicted octanol–water partition coefficient (Wildman–Crippen LogP) is 6.20. The normalized spacial score (nSPS) is 18.2. The number of pyridine rings is 1. The number of alkyl halides is 5. The van der Waals surface area contributed by atoms with Crippen LogP contribution in [-0.2, 0) is 24.7 Å². The number of aromatic nitrogens is 1. The molecule has 1 heterocycles. The van der Waals surface area contributed by atoms with Crippen LogP contribution in [-0.4, -0.2) is 60.4 Å². The lowest BCUT2D eigenvalue weighted by molar-refractivity contribution is -0.138. The van der Waals surface area contributed by atoms with Crippen molar-refractivity contribution in [2.45, 2.75) is 82.1 Å². The first-order chi connectivity index (χ1) is 20.1. The van der Waals surface area contributed by atoms with Gasteiger partial charge >= 0.3 is 6.18 Å². The number of rotatable bonds is 12. The molecule has 13 heteroatoms. The van der Waals surface area contributed by atoms with Crippen molar-refractivity contribution in [1.82, 2.24) is 15.2 Å². The molecule has 8 nitrogen and oxygen atoms in total. The summed E-state index contributed by atoms with van der Waals surface area (Å²) in [6.45, 7) is 4.12. The van der Waals surface area contributed by atoms with Gasteiger partial charge in [0.2, 0.25) is 0 Å². The van der Waals surface area contributed by atoms with Crippen molar-refractivity contribution < 1.29 is 26.7 Å². The average Bonchev–Trinajstić information content (AvgIpc) is 2.92. The first-order valence-electron chi connectivity index (χ1n) is 14.2. The molecular weight excluding hydrogens is 569 g/mol. The lowest BCUT2D eigenvalue weighted by Gasteiger charge is -2.49. The molecule has 43 heavy (non-hydrogen) atoms. The molecule has 0 bridgehead atoms. The minimum absolute atomic E-state index is 0.0928. The molecular formula is C30H38F5N7O. The molecule has 0 unspecified atom stereocenters. The largest absolute Gasteiger partial charge is 0.416 e. The molecule has 1 aromatic heterocycles. The Labute approximate surface area is 248 Å². The van der Waals surface area contributed by atoms with E-state index in [4.69, 9.17) is 10.8 Å². The summed E-state index contributed by atoms with van der Waals surface area (Å²) >= 11 is 0. The van der Waals surface area contributed by atoms with Crippen LogP contribution in [0.15, 0.2) is 24.3 Å². The van der Waals surface area contributed by atoms with Crippen molar-refractivity contribution >= 4 is 30.1 Å². The van der Waals surface area contributed by atoms with Crippen molar-refractivity contribution in [2.24, 2.45) is 0 Å². The van der Waals surface area contributed by atoms with Gasteiger partial charge in [0.15, 0.2) is 0 Å². The van der Waals surface area contributed by atoms with E-state index in [2.05, 4.69) is 15.6 Å². The highest BCUT2D eigenvalue weighted by atomic mass is 19.4. The predicted molar refractivity (Wildman–Crippen MR) is 157 cm³/mol. The molecule has 0 saturated heterocycles. The van der Waals surface area contributed by atoms with Gasteiger partial charge < -0.3 is 20.4 Å². The van der Waals surface area contributed by atoms with Crippen LogP contribution in [0.1, 0.15) is 78.6 Å². The van der Waals surface area contributed by atoms with Crippen LogP contribution >= 0.6 is 0 Å². The maximum atomic E-state index is 14.4. The SMILES string of the molecule is CCNc1cc(C2(C(=N)N(C)C=N)CC(F)(F)C2)cc(N(C)Cc2c(C=O)cc(CNC3(C)CCC3)cc2C(F)(F)F)n1. The van der Waals surface area contributed by atoms with E-state index in [1.807, 2.05) is 13.8 Å². The molecule has 234 valence electrons. The van der Waals surface area contributed by atoms with Gasteiger partial charge in [0.1, 0.15) is 23.8 Å². The Morgan fingerprint density at radius 3 is 2.33 bits per heavy atom. The van der Waals surface area contributed by atoms with E-state index in [-0.39, 0.29) is 41.4 Å². The Balaban J connectivity index is 1.73. The van der Waals surface area contributed by atoms with Gasteiger partial charge in [-0.1, -0.05) is 0 Å². The summed E-state index contributed by atoms with van der Waals surface area (Å²) in [7, 11) is 2.94. The number of hydrogen-bond donors (Lipinski definition) is 4. The first kappa shape index (κ1) is 32.3. The van der Waals surface area contributed by atoms with Gasteiger partial charge in [0, 0.05) is 57.7 Å². The molecule has 0 spiro atoms. The maximum absolute atomic E-state index is 14.4. The average molecular weight is 608 g/mol. The molecule has 2 aliphatic rings. The number of hydrogen-bond acceptors (Lipinski definition) is 7. The third-order valence-electron chi connectivity index (χ3n) is 8.58. The zero-order valence-corrected chi connectivity index (χ0v) is 24.8. The van der Waals surface area contributed by atoms with Crippen LogP contribution in [0.25, 0.3) is 0 Å². The molecule has 4 N–H and O–H groups in total. The van der Waals surface area contributed by atoms with E-state index >= 15 is 0 Å². The van der Waals surface area contributed by atoms with Crippen molar-refractivity contribution in [2.75, 3.05) is 30.9 Å². The summed E-state index contributed by atoms with van der Waals surface area (Å²) < 4.78 is 71.7. The van der Waals surface area contributed by atoms with Crippen LogP contribution in [0.3, 0.4) is 0 Å². The fraction of sp³-hybridized carbons (Fsp3) is 0.533. The third-order valence-corrected chi connectivity index (χ3v) is 8.58. The summed E-state index contributed by atoms with van der Waals surface area (Å²) in [5.41, 5.74) is -2.10. The first-order valence-corrected chi connectivity index (χ1v) is 14.2. The van der Waals surface area contributed by atoms with E-state index in [0.29, 0.717) is 29.8 Å². The van der Waals surface area contributed by atoms with Crippen molar-refractivity contribution in [3.63, 3.8) is 0 Å². The molecule has 4 rings (SSSR count). The topological polar surface area (TPSA) is 108 Å². The number of aldehydes is 1. The van der Waals surface area contributed by atoms with Crippen molar-refractivity contribution in [3.05, 3.63) is 52.1 Å². The van der Waals surface area contributed by atoms with E-state index in [0.717, 1.165) is 36.6 Å². The summed E-state index contributed by atoms with van der Waals surface area (Å²) in [5.74, 6) is -2.73. The Morgan fingerprint density at radius 2 is 1.81 bits per heavy atom. The monoisotopic (exact) mass is 607 g/mol. The van der Waals surface area contributed by atoms with Crippen LogP contribution in [0.2, 0.25) is 0 Å². The zero-order valence-electron chi connectivity index (χ0n) is 24.8. The van der Waals surface area contributed by atoms with E-state index in [1.165, 1.54) is 31.1 Å². The smallest absolute Gasteiger partial charge is 0.370 e. The van der Waals surface area contributed by atoms with Crippen LogP contribution in [0, 0.1) is 10.8 Å². The van der Waals surface area contributed by atoms with Crippen LogP contribution < -0.4 is 15.5 Å². The van der Waals surface area contributed by atoms with E-state index < -0.39 is 35.9 Å². The van der Waals surface area contributed by atoms with Crippen LogP contribution in [0.4, 0.5) is 33.6 Å². The second kappa shape index (κ2) is 11.8. The standard InChI is InChI=1S/C30H38F5N7O/c1-5-38-24-11-21(28(16-29(31,32)17-28)26(37)42(4)18-36)12-25(40-24)41(3)14-22-20(15-43)9-19(10-23(22)30(33,34)35)13-39-27(2)7-6-8-27/h9-12,15,18,36-37,39H,5-8,13-14,16-17H2,1-4H3,(H,38,40). The van der Waals surface area contributed by atoms with Crippen molar-refractivity contribution in [3.8, 4) is 0 Å². The molecule has 2 fully saturated rings.